The number of ether oxygens (including phenoxy) is 1. The summed E-state index contributed by atoms with van der Waals surface area (Å²) in [5.74, 6) is 0.857. The molecule has 118 valence electrons. The van der Waals surface area contributed by atoms with Gasteiger partial charge in [-0.1, -0.05) is 46.0 Å². The summed E-state index contributed by atoms with van der Waals surface area (Å²) in [4.78, 5) is 0. The van der Waals surface area contributed by atoms with Gasteiger partial charge in [-0.05, 0) is 51.0 Å². The van der Waals surface area contributed by atoms with Crippen LogP contribution in [0.2, 0.25) is 0 Å². The molecule has 2 atom stereocenters. The van der Waals surface area contributed by atoms with Crippen molar-refractivity contribution in [3.63, 3.8) is 0 Å². The fraction of sp³-hybridized carbons (Fsp3) is 1.00. The lowest BCUT2D eigenvalue weighted by molar-refractivity contribution is -0.147. The van der Waals surface area contributed by atoms with Crippen molar-refractivity contribution in [2.24, 2.45) is 5.92 Å². The highest BCUT2D eigenvalue weighted by atomic mass is 16.5. The Kier molecular flexibility index (Phi) is 6.83. The van der Waals surface area contributed by atoms with Crippen LogP contribution < -0.4 is 5.32 Å². The number of nitrogens with one attached hydrogen (secondary N) is 1. The van der Waals surface area contributed by atoms with Crippen LogP contribution in [0.1, 0.15) is 84.5 Å². The summed E-state index contributed by atoms with van der Waals surface area (Å²) in [6.07, 6.45) is 15.0. The minimum absolute atomic E-state index is 0.304. The van der Waals surface area contributed by atoms with Gasteiger partial charge in [-0.15, -0.1) is 0 Å². The SMILES string of the molecule is CCCCCCCC(NCC)C1CCOC2(CCC2)C1. The second-order valence-corrected chi connectivity index (χ2v) is 7.00. The van der Waals surface area contributed by atoms with Gasteiger partial charge in [-0.25, -0.2) is 0 Å². The lowest BCUT2D eigenvalue weighted by Gasteiger charge is -2.49. The van der Waals surface area contributed by atoms with E-state index in [1.54, 1.807) is 0 Å². The van der Waals surface area contributed by atoms with E-state index in [4.69, 9.17) is 4.74 Å². The van der Waals surface area contributed by atoms with Crippen molar-refractivity contribution in [3.8, 4) is 0 Å². The van der Waals surface area contributed by atoms with Crippen LogP contribution >= 0.6 is 0 Å². The molecule has 0 radical (unpaired) electrons. The van der Waals surface area contributed by atoms with Crippen molar-refractivity contribution in [1.82, 2.24) is 5.32 Å². The first-order valence-corrected chi connectivity index (χ1v) is 9.17. The topological polar surface area (TPSA) is 21.3 Å². The van der Waals surface area contributed by atoms with Crippen LogP contribution in [0.25, 0.3) is 0 Å². The monoisotopic (exact) mass is 281 g/mol. The first-order chi connectivity index (χ1) is 9.79. The van der Waals surface area contributed by atoms with Crippen molar-refractivity contribution in [2.45, 2.75) is 96.1 Å². The number of hydrogen-bond donors (Lipinski definition) is 1. The molecule has 2 heteroatoms. The molecule has 2 fully saturated rings. The number of unbranched alkanes of at least 4 members (excludes halogenated alkanes) is 4. The fourth-order valence-electron chi connectivity index (χ4n) is 4.06. The maximum Gasteiger partial charge on any atom is 0.0685 e. The Labute approximate surface area is 126 Å². The maximum atomic E-state index is 6.09. The van der Waals surface area contributed by atoms with Gasteiger partial charge >= 0.3 is 0 Å². The largest absolute Gasteiger partial charge is 0.375 e. The highest BCUT2D eigenvalue weighted by molar-refractivity contribution is 4.96. The van der Waals surface area contributed by atoms with Gasteiger partial charge in [0.1, 0.15) is 0 Å². The predicted molar refractivity (Wildman–Crippen MR) is 86.1 cm³/mol. The Hall–Kier alpha value is -0.0800. The molecule has 2 nitrogen and oxygen atoms in total. The van der Waals surface area contributed by atoms with E-state index in [1.165, 1.54) is 70.6 Å². The minimum atomic E-state index is 0.304. The van der Waals surface area contributed by atoms with Gasteiger partial charge in [0.15, 0.2) is 0 Å². The highest BCUT2D eigenvalue weighted by Crippen LogP contribution is 2.45. The fourth-order valence-corrected chi connectivity index (χ4v) is 4.06. The van der Waals surface area contributed by atoms with Crippen molar-refractivity contribution in [2.75, 3.05) is 13.2 Å². The van der Waals surface area contributed by atoms with E-state index in [2.05, 4.69) is 19.2 Å². The van der Waals surface area contributed by atoms with E-state index >= 15 is 0 Å². The van der Waals surface area contributed by atoms with Gasteiger partial charge in [0.2, 0.25) is 0 Å². The first-order valence-electron chi connectivity index (χ1n) is 9.17. The Bertz CT molecular complexity index is 262. The van der Waals surface area contributed by atoms with E-state index in [-0.39, 0.29) is 0 Å². The normalized spacial score (nSPS) is 26.4. The highest BCUT2D eigenvalue weighted by Gasteiger charge is 2.43. The first kappa shape index (κ1) is 16.3. The maximum absolute atomic E-state index is 6.09. The predicted octanol–water partition coefficient (Wildman–Crippen LogP) is 4.67. The molecule has 1 N–H and O–H groups in total. The lowest BCUT2D eigenvalue weighted by atomic mass is 9.70. The average Bonchev–Trinajstić information content (AvgIpc) is 2.44. The molecule has 1 aliphatic carbocycles. The van der Waals surface area contributed by atoms with E-state index < -0.39 is 0 Å². The van der Waals surface area contributed by atoms with Crippen LogP contribution in [-0.4, -0.2) is 24.8 Å². The molecule has 0 aromatic heterocycles. The molecule has 0 aromatic rings. The van der Waals surface area contributed by atoms with Gasteiger partial charge in [0.25, 0.3) is 0 Å². The smallest absolute Gasteiger partial charge is 0.0685 e. The zero-order chi connectivity index (χ0) is 14.3. The van der Waals surface area contributed by atoms with E-state index in [1.807, 2.05) is 0 Å². The van der Waals surface area contributed by atoms with E-state index in [0.29, 0.717) is 5.60 Å². The second kappa shape index (κ2) is 8.38. The summed E-state index contributed by atoms with van der Waals surface area (Å²) in [6, 6.07) is 0.739. The van der Waals surface area contributed by atoms with Crippen LogP contribution in [0.3, 0.4) is 0 Å². The van der Waals surface area contributed by atoms with Crippen LogP contribution in [0, 0.1) is 5.92 Å². The Morgan fingerprint density at radius 3 is 2.60 bits per heavy atom. The molecule has 1 spiro atoms. The molecular weight excluding hydrogens is 246 g/mol. The molecule has 1 heterocycles. The summed E-state index contributed by atoms with van der Waals surface area (Å²) in [5, 5.41) is 3.77. The summed E-state index contributed by atoms with van der Waals surface area (Å²) < 4.78 is 6.09. The lowest BCUT2D eigenvalue weighted by Crippen LogP contribution is -2.50. The van der Waals surface area contributed by atoms with Crippen molar-refractivity contribution < 1.29 is 4.74 Å². The van der Waals surface area contributed by atoms with Crippen molar-refractivity contribution >= 4 is 0 Å². The third-order valence-corrected chi connectivity index (χ3v) is 5.45. The third kappa shape index (κ3) is 4.46. The Morgan fingerprint density at radius 1 is 1.15 bits per heavy atom. The summed E-state index contributed by atoms with van der Waals surface area (Å²) in [6.45, 7) is 6.66. The quantitative estimate of drug-likeness (QED) is 0.620. The van der Waals surface area contributed by atoms with Crippen molar-refractivity contribution in [3.05, 3.63) is 0 Å². The number of rotatable bonds is 9. The van der Waals surface area contributed by atoms with Gasteiger partial charge in [-0.3, -0.25) is 0 Å². The zero-order valence-corrected chi connectivity index (χ0v) is 13.8. The molecule has 1 saturated carbocycles. The summed E-state index contributed by atoms with van der Waals surface area (Å²) in [5.41, 5.74) is 0.304. The molecule has 0 amide bonds. The minimum Gasteiger partial charge on any atom is -0.375 e. The second-order valence-electron chi connectivity index (χ2n) is 7.00. The Balaban J connectivity index is 1.74. The molecule has 1 aliphatic heterocycles. The van der Waals surface area contributed by atoms with Gasteiger partial charge in [0, 0.05) is 12.6 Å². The molecule has 1 saturated heterocycles. The Morgan fingerprint density at radius 2 is 1.95 bits per heavy atom. The molecule has 0 aromatic carbocycles. The van der Waals surface area contributed by atoms with Gasteiger partial charge in [0.05, 0.1) is 5.60 Å². The molecular formula is C18H35NO. The van der Waals surface area contributed by atoms with Crippen LogP contribution in [-0.2, 0) is 4.74 Å². The summed E-state index contributed by atoms with van der Waals surface area (Å²) >= 11 is 0. The van der Waals surface area contributed by atoms with Crippen LogP contribution in [0.4, 0.5) is 0 Å². The molecule has 2 aliphatic rings. The van der Waals surface area contributed by atoms with Crippen LogP contribution in [0.5, 0.6) is 0 Å². The number of hydrogen-bond acceptors (Lipinski definition) is 2. The third-order valence-electron chi connectivity index (χ3n) is 5.45. The van der Waals surface area contributed by atoms with E-state index in [9.17, 15) is 0 Å². The molecule has 0 bridgehead atoms. The van der Waals surface area contributed by atoms with Crippen LogP contribution in [0.15, 0.2) is 0 Å². The van der Waals surface area contributed by atoms with E-state index in [0.717, 1.165) is 25.1 Å². The van der Waals surface area contributed by atoms with Gasteiger partial charge < -0.3 is 10.1 Å². The summed E-state index contributed by atoms with van der Waals surface area (Å²) in [7, 11) is 0. The van der Waals surface area contributed by atoms with Gasteiger partial charge in [-0.2, -0.15) is 0 Å². The molecule has 2 rings (SSSR count). The molecule has 2 unspecified atom stereocenters. The molecule has 20 heavy (non-hydrogen) atoms. The van der Waals surface area contributed by atoms with Crippen molar-refractivity contribution in [1.29, 1.82) is 0 Å². The average molecular weight is 281 g/mol. The zero-order valence-electron chi connectivity index (χ0n) is 13.8. The standard InChI is InChI=1S/C18H35NO/c1-3-5-6-7-8-10-17(19-4-2)16-11-14-20-18(15-16)12-9-13-18/h16-17,19H,3-15H2,1-2H3.